The third-order valence-electron chi connectivity index (χ3n) is 4.78. The molecule has 3 heterocycles. The van der Waals surface area contributed by atoms with Gasteiger partial charge in [0.05, 0.1) is 32.6 Å². The van der Waals surface area contributed by atoms with E-state index in [1.807, 2.05) is 12.1 Å². The second-order valence-electron chi connectivity index (χ2n) is 6.77. The lowest BCUT2D eigenvalue weighted by Gasteiger charge is -2.43. The van der Waals surface area contributed by atoms with Crippen molar-refractivity contribution in [2.45, 2.75) is 12.1 Å². The number of ether oxygens (including phenoxy) is 2. The van der Waals surface area contributed by atoms with Crippen LogP contribution in [0.1, 0.15) is 5.76 Å². The number of benzene rings is 1. The van der Waals surface area contributed by atoms with Crippen LogP contribution in [0, 0.1) is 5.82 Å². The largest absolute Gasteiger partial charge is 0.468 e. The van der Waals surface area contributed by atoms with Gasteiger partial charge in [-0.05, 0) is 36.4 Å². The van der Waals surface area contributed by atoms with Gasteiger partial charge in [0.25, 0.3) is 5.91 Å². The number of furan rings is 1. The zero-order chi connectivity index (χ0) is 18.0. The molecule has 4 rings (SSSR count). The van der Waals surface area contributed by atoms with Gasteiger partial charge in [0.1, 0.15) is 23.8 Å². The van der Waals surface area contributed by atoms with Gasteiger partial charge in [0.2, 0.25) is 0 Å². The van der Waals surface area contributed by atoms with Crippen molar-refractivity contribution in [3.63, 3.8) is 0 Å². The Morgan fingerprint density at radius 1 is 1.15 bits per heavy atom. The molecule has 0 N–H and O–H groups in total. The number of halogens is 1. The molecule has 1 amide bonds. The fourth-order valence-electron chi connectivity index (χ4n) is 3.50. The monoisotopic (exact) mass is 360 g/mol. The van der Waals surface area contributed by atoms with Crippen molar-refractivity contribution in [1.29, 1.82) is 0 Å². The molecule has 1 aromatic heterocycles. The summed E-state index contributed by atoms with van der Waals surface area (Å²) in [4.78, 5) is 16.2. The molecule has 26 heavy (non-hydrogen) atoms. The zero-order valence-corrected chi connectivity index (χ0v) is 14.4. The van der Waals surface area contributed by atoms with Gasteiger partial charge in [-0.3, -0.25) is 9.69 Å². The van der Waals surface area contributed by atoms with Crippen molar-refractivity contribution < 1.29 is 23.1 Å². The molecule has 7 heteroatoms. The first-order valence-electron chi connectivity index (χ1n) is 8.66. The summed E-state index contributed by atoms with van der Waals surface area (Å²) in [6.45, 7) is 3.39. The van der Waals surface area contributed by atoms with Crippen LogP contribution in [0.15, 0.2) is 47.1 Å². The van der Waals surface area contributed by atoms with Crippen LogP contribution >= 0.6 is 0 Å². The normalized spacial score (nSPS) is 24.8. The van der Waals surface area contributed by atoms with Crippen LogP contribution < -0.4 is 4.90 Å². The third kappa shape index (κ3) is 3.65. The highest BCUT2D eigenvalue weighted by molar-refractivity contribution is 5.95. The Morgan fingerprint density at radius 3 is 2.77 bits per heavy atom. The first kappa shape index (κ1) is 17.2. The summed E-state index contributed by atoms with van der Waals surface area (Å²) in [5.74, 6) is 0.417. The molecule has 0 bridgehead atoms. The maximum Gasteiger partial charge on any atom is 0.253 e. The number of hydrogen-bond acceptors (Lipinski definition) is 5. The SMILES string of the molecule is O=C1CO[C@@]2(COCCN(Cc3ccco3)C2)CN1c1ccc(F)cc1. The minimum atomic E-state index is -0.620. The summed E-state index contributed by atoms with van der Waals surface area (Å²) in [6.07, 6.45) is 1.66. The number of nitrogens with zero attached hydrogens (tertiary/aromatic N) is 2. The van der Waals surface area contributed by atoms with Gasteiger partial charge in [-0.2, -0.15) is 0 Å². The summed E-state index contributed by atoms with van der Waals surface area (Å²) >= 11 is 0. The van der Waals surface area contributed by atoms with Crippen molar-refractivity contribution in [3.05, 3.63) is 54.2 Å². The van der Waals surface area contributed by atoms with Crippen LogP contribution in [-0.4, -0.2) is 55.9 Å². The highest BCUT2D eigenvalue weighted by Gasteiger charge is 2.43. The van der Waals surface area contributed by atoms with Crippen LogP contribution in [0.2, 0.25) is 0 Å². The lowest BCUT2D eigenvalue weighted by atomic mass is 10.0. The van der Waals surface area contributed by atoms with Crippen LogP contribution in [0.3, 0.4) is 0 Å². The van der Waals surface area contributed by atoms with E-state index in [9.17, 15) is 9.18 Å². The van der Waals surface area contributed by atoms with Crippen LogP contribution in [-0.2, 0) is 20.8 Å². The third-order valence-corrected chi connectivity index (χ3v) is 4.78. The number of amides is 1. The maximum atomic E-state index is 13.2. The molecule has 2 fully saturated rings. The topological polar surface area (TPSA) is 55.2 Å². The molecule has 0 unspecified atom stereocenters. The molecular formula is C19H21FN2O4. The molecule has 138 valence electrons. The van der Waals surface area contributed by atoms with Crippen LogP contribution in [0.5, 0.6) is 0 Å². The van der Waals surface area contributed by atoms with E-state index in [1.54, 1.807) is 23.3 Å². The van der Waals surface area contributed by atoms with Crippen molar-refractivity contribution in [1.82, 2.24) is 4.90 Å². The molecule has 2 aliphatic rings. The molecule has 0 saturated carbocycles. The van der Waals surface area contributed by atoms with Crippen molar-refractivity contribution >= 4 is 11.6 Å². The van der Waals surface area contributed by atoms with E-state index in [1.165, 1.54) is 12.1 Å². The molecular weight excluding hydrogens is 339 g/mol. The van der Waals surface area contributed by atoms with Crippen molar-refractivity contribution in [3.8, 4) is 0 Å². The Labute approximate surface area is 151 Å². The quantitative estimate of drug-likeness (QED) is 0.839. The lowest BCUT2D eigenvalue weighted by molar-refractivity contribution is -0.146. The second kappa shape index (κ2) is 7.19. The van der Waals surface area contributed by atoms with Gasteiger partial charge in [0, 0.05) is 18.8 Å². The van der Waals surface area contributed by atoms with E-state index in [4.69, 9.17) is 13.9 Å². The Kier molecular flexibility index (Phi) is 4.76. The predicted octanol–water partition coefficient (Wildman–Crippen LogP) is 2.05. The van der Waals surface area contributed by atoms with Gasteiger partial charge < -0.3 is 18.8 Å². The number of anilines is 1. The highest BCUT2D eigenvalue weighted by Crippen LogP contribution is 2.28. The number of hydrogen-bond donors (Lipinski definition) is 0. The first-order chi connectivity index (χ1) is 12.6. The van der Waals surface area contributed by atoms with Gasteiger partial charge >= 0.3 is 0 Å². The zero-order valence-electron chi connectivity index (χ0n) is 14.4. The van der Waals surface area contributed by atoms with E-state index < -0.39 is 5.60 Å². The van der Waals surface area contributed by atoms with E-state index in [-0.39, 0.29) is 18.3 Å². The van der Waals surface area contributed by atoms with Gasteiger partial charge in [-0.15, -0.1) is 0 Å². The molecule has 2 saturated heterocycles. The average Bonchev–Trinajstić information content (AvgIpc) is 3.07. The number of morpholine rings is 1. The van der Waals surface area contributed by atoms with Gasteiger partial charge in [-0.25, -0.2) is 4.39 Å². The van der Waals surface area contributed by atoms with Crippen LogP contribution in [0.25, 0.3) is 0 Å². The van der Waals surface area contributed by atoms with E-state index in [2.05, 4.69) is 4.90 Å². The molecule has 0 aliphatic carbocycles. The molecule has 1 atom stereocenters. The minimum Gasteiger partial charge on any atom is -0.468 e. The smallest absolute Gasteiger partial charge is 0.253 e. The van der Waals surface area contributed by atoms with Crippen molar-refractivity contribution in [2.75, 3.05) is 44.4 Å². The first-order valence-corrected chi connectivity index (χ1v) is 8.66. The Morgan fingerprint density at radius 2 is 2.00 bits per heavy atom. The van der Waals surface area contributed by atoms with E-state index in [0.717, 1.165) is 12.3 Å². The molecule has 2 aliphatic heterocycles. The van der Waals surface area contributed by atoms with E-state index >= 15 is 0 Å². The minimum absolute atomic E-state index is 0.0185. The molecule has 1 aromatic carbocycles. The summed E-state index contributed by atoms with van der Waals surface area (Å²) < 4.78 is 30.4. The second-order valence-corrected chi connectivity index (χ2v) is 6.77. The van der Waals surface area contributed by atoms with Crippen LogP contribution in [0.4, 0.5) is 10.1 Å². The number of carbonyl (C=O) groups is 1. The fraction of sp³-hybridized carbons (Fsp3) is 0.421. The Hall–Kier alpha value is -2.22. The lowest BCUT2D eigenvalue weighted by Crippen LogP contribution is -2.60. The number of rotatable bonds is 3. The van der Waals surface area contributed by atoms with Gasteiger partial charge in [0.15, 0.2) is 0 Å². The summed E-state index contributed by atoms with van der Waals surface area (Å²) in [5, 5.41) is 0. The predicted molar refractivity (Wildman–Crippen MR) is 92.2 cm³/mol. The number of carbonyl (C=O) groups excluding carboxylic acids is 1. The summed E-state index contributed by atoms with van der Waals surface area (Å²) in [6, 6.07) is 9.75. The molecule has 0 radical (unpaired) electrons. The Balaban J connectivity index is 1.53. The molecule has 1 spiro atoms. The van der Waals surface area contributed by atoms with Crippen molar-refractivity contribution in [2.24, 2.45) is 0 Å². The average molecular weight is 360 g/mol. The Bertz CT molecular complexity index is 749. The van der Waals surface area contributed by atoms with Gasteiger partial charge in [-0.1, -0.05) is 0 Å². The van der Waals surface area contributed by atoms with E-state index in [0.29, 0.717) is 38.5 Å². The fourth-order valence-corrected chi connectivity index (χ4v) is 3.50. The maximum absolute atomic E-state index is 13.2. The summed E-state index contributed by atoms with van der Waals surface area (Å²) in [5.41, 5.74) is 0.0479. The summed E-state index contributed by atoms with van der Waals surface area (Å²) in [7, 11) is 0. The standard InChI is InChI=1S/C19H21FN2O4/c20-15-3-5-16(6-4-15)22-13-19(26-11-18(22)23)12-21(7-9-24-14-19)10-17-2-1-8-25-17/h1-6,8H,7,9-14H2/t19-/m1/s1. The highest BCUT2D eigenvalue weighted by atomic mass is 19.1. The molecule has 6 nitrogen and oxygen atoms in total. The molecule has 2 aromatic rings.